The van der Waals surface area contributed by atoms with Crippen LogP contribution in [0.1, 0.15) is 16.7 Å². The van der Waals surface area contributed by atoms with E-state index in [1.165, 1.54) is 12.1 Å². The number of halogens is 3. The Hall–Kier alpha value is -2.51. The van der Waals surface area contributed by atoms with E-state index in [4.69, 9.17) is 4.74 Å². The lowest BCUT2D eigenvalue weighted by Gasteiger charge is -2.22. The van der Waals surface area contributed by atoms with Gasteiger partial charge in [-0.25, -0.2) is 0 Å². The first-order chi connectivity index (χ1) is 13.4. The van der Waals surface area contributed by atoms with E-state index >= 15 is 0 Å². The Balaban J connectivity index is 1.64. The molecule has 1 aromatic heterocycles. The van der Waals surface area contributed by atoms with E-state index in [0.717, 1.165) is 22.1 Å². The second-order valence-electron chi connectivity index (χ2n) is 6.67. The van der Waals surface area contributed by atoms with Gasteiger partial charge in [-0.3, -0.25) is 4.90 Å². The molecule has 2 aromatic carbocycles. The number of phenols is 1. The van der Waals surface area contributed by atoms with Crippen molar-refractivity contribution in [2.45, 2.75) is 19.3 Å². The maximum absolute atomic E-state index is 13.3. The van der Waals surface area contributed by atoms with Crippen LogP contribution in [0.3, 0.4) is 0 Å². The van der Waals surface area contributed by atoms with Crippen molar-refractivity contribution < 1.29 is 23.0 Å². The topological polar surface area (TPSA) is 32.7 Å². The first-order valence-corrected chi connectivity index (χ1v) is 9.70. The highest BCUT2D eigenvalue weighted by atomic mass is 32.1. The first-order valence-electron chi connectivity index (χ1n) is 8.82. The van der Waals surface area contributed by atoms with Gasteiger partial charge in [0.15, 0.2) is 11.5 Å². The van der Waals surface area contributed by atoms with E-state index in [2.05, 4.69) is 0 Å². The molecule has 7 heteroatoms. The molecule has 0 radical (unpaired) electrons. The van der Waals surface area contributed by atoms with Crippen LogP contribution in [-0.4, -0.2) is 23.2 Å². The molecule has 0 unspecified atom stereocenters. The molecule has 0 bridgehead atoms. The molecule has 0 amide bonds. The zero-order chi connectivity index (χ0) is 19.7. The molecular weight excluding hydrogens is 387 g/mol. The summed E-state index contributed by atoms with van der Waals surface area (Å²) < 4.78 is 45.6. The molecule has 0 saturated carbocycles. The number of alkyl halides is 3. The average Bonchev–Trinajstić information content (AvgIpc) is 3.10. The number of thiophene rings is 1. The number of benzene rings is 2. The molecular formula is C21H18F3NO2S. The molecule has 0 aliphatic carbocycles. The predicted molar refractivity (Wildman–Crippen MR) is 102 cm³/mol. The predicted octanol–water partition coefficient (Wildman–Crippen LogP) is 5.53. The third-order valence-electron chi connectivity index (χ3n) is 4.72. The van der Waals surface area contributed by atoms with Gasteiger partial charge in [-0.2, -0.15) is 13.2 Å². The van der Waals surface area contributed by atoms with Crippen LogP contribution in [0.5, 0.6) is 11.5 Å². The summed E-state index contributed by atoms with van der Waals surface area (Å²) in [5, 5.41) is 12.4. The Morgan fingerprint density at radius 2 is 1.93 bits per heavy atom. The summed E-state index contributed by atoms with van der Waals surface area (Å²) >= 11 is 1.56. The molecule has 3 aromatic rings. The summed E-state index contributed by atoms with van der Waals surface area (Å²) in [7, 11) is 0. The minimum atomic E-state index is -4.39. The van der Waals surface area contributed by atoms with Crippen LogP contribution in [0.2, 0.25) is 0 Å². The van der Waals surface area contributed by atoms with Crippen molar-refractivity contribution in [3.05, 3.63) is 70.6 Å². The fourth-order valence-corrected chi connectivity index (χ4v) is 4.16. The Kier molecular flexibility index (Phi) is 5.03. The number of fused-ring (bicyclic) bond motifs is 1. The van der Waals surface area contributed by atoms with Gasteiger partial charge in [0.25, 0.3) is 0 Å². The van der Waals surface area contributed by atoms with Crippen LogP contribution in [0.4, 0.5) is 13.2 Å². The highest BCUT2D eigenvalue weighted by molar-refractivity contribution is 7.13. The maximum atomic E-state index is 13.3. The summed E-state index contributed by atoms with van der Waals surface area (Å²) in [4.78, 5) is 2.92. The molecule has 1 aliphatic rings. The van der Waals surface area contributed by atoms with Crippen LogP contribution < -0.4 is 4.74 Å². The molecule has 1 aliphatic heterocycles. The lowest BCUT2D eigenvalue weighted by Crippen LogP contribution is -2.26. The lowest BCUT2D eigenvalue weighted by molar-refractivity contribution is -0.138. The average molecular weight is 405 g/mol. The molecule has 2 heterocycles. The van der Waals surface area contributed by atoms with E-state index in [-0.39, 0.29) is 17.9 Å². The molecule has 146 valence electrons. The summed E-state index contributed by atoms with van der Waals surface area (Å²) in [6, 6.07) is 13.1. The van der Waals surface area contributed by atoms with Gasteiger partial charge < -0.3 is 9.84 Å². The fraction of sp³-hybridized carbons (Fsp3) is 0.238. The summed E-state index contributed by atoms with van der Waals surface area (Å²) in [5.41, 5.74) is 1.26. The van der Waals surface area contributed by atoms with Gasteiger partial charge >= 0.3 is 6.18 Å². The van der Waals surface area contributed by atoms with Gasteiger partial charge in [-0.05, 0) is 40.8 Å². The van der Waals surface area contributed by atoms with Crippen LogP contribution in [0.15, 0.2) is 53.9 Å². The maximum Gasteiger partial charge on any atom is 0.416 e. The molecule has 0 spiro atoms. The van der Waals surface area contributed by atoms with Crippen LogP contribution in [0.25, 0.3) is 10.4 Å². The van der Waals surface area contributed by atoms with Crippen molar-refractivity contribution in [2.24, 2.45) is 0 Å². The second-order valence-corrected chi connectivity index (χ2v) is 7.62. The number of phenolic OH excluding ortho intramolecular Hbond substituents is 1. The number of ether oxygens (including phenoxy) is 1. The molecule has 28 heavy (non-hydrogen) atoms. The molecule has 0 saturated heterocycles. The minimum absolute atomic E-state index is 0.0541. The Morgan fingerprint density at radius 1 is 1.11 bits per heavy atom. The van der Waals surface area contributed by atoms with Crippen molar-refractivity contribution >= 4 is 11.3 Å². The van der Waals surface area contributed by atoms with Crippen molar-refractivity contribution in [3.8, 4) is 21.9 Å². The minimum Gasteiger partial charge on any atom is -0.504 e. The zero-order valence-electron chi connectivity index (χ0n) is 14.9. The van der Waals surface area contributed by atoms with Crippen molar-refractivity contribution in [1.82, 2.24) is 4.90 Å². The van der Waals surface area contributed by atoms with E-state index in [9.17, 15) is 18.3 Å². The Morgan fingerprint density at radius 3 is 2.68 bits per heavy atom. The molecule has 3 nitrogen and oxygen atoms in total. The quantitative estimate of drug-likeness (QED) is 0.622. The molecule has 4 rings (SSSR count). The first kappa shape index (κ1) is 18.8. The van der Waals surface area contributed by atoms with Crippen LogP contribution in [0, 0.1) is 0 Å². The van der Waals surface area contributed by atoms with Gasteiger partial charge in [-0.15, -0.1) is 11.3 Å². The Labute approximate surface area is 164 Å². The van der Waals surface area contributed by atoms with Gasteiger partial charge in [-0.1, -0.05) is 24.3 Å². The number of aromatic hydroxyl groups is 1. The fourth-order valence-electron chi connectivity index (χ4n) is 3.45. The molecule has 0 atom stereocenters. The highest BCUT2D eigenvalue weighted by Crippen LogP contribution is 2.39. The molecule has 1 N–H and O–H groups in total. The van der Waals surface area contributed by atoms with E-state index < -0.39 is 11.7 Å². The standard InChI is InChI=1S/C21H18F3NO2S/c22-21(23,24)17-5-2-1-4-14(17)12-25-7-8-27-20-16(13-25)10-15(11-18(20)26)19-6-3-9-28-19/h1-6,9-11,26H,7-8,12-13H2. The zero-order valence-corrected chi connectivity index (χ0v) is 15.7. The number of hydrogen-bond donors (Lipinski definition) is 1. The third-order valence-corrected chi connectivity index (χ3v) is 5.64. The lowest BCUT2D eigenvalue weighted by atomic mass is 10.0. The smallest absolute Gasteiger partial charge is 0.416 e. The van der Waals surface area contributed by atoms with Crippen molar-refractivity contribution in [3.63, 3.8) is 0 Å². The number of rotatable bonds is 3. The van der Waals surface area contributed by atoms with Gasteiger partial charge in [0.1, 0.15) is 6.61 Å². The van der Waals surface area contributed by atoms with E-state index in [1.807, 2.05) is 28.5 Å². The molecule has 0 fully saturated rings. The van der Waals surface area contributed by atoms with Crippen LogP contribution in [-0.2, 0) is 19.3 Å². The van der Waals surface area contributed by atoms with Crippen LogP contribution >= 0.6 is 11.3 Å². The normalized spacial score (nSPS) is 15.0. The van der Waals surface area contributed by atoms with Gasteiger partial charge in [0, 0.05) is 30.1 Å². The summed E-state index contributed by atoms with van der Waals surface area (Å²) in [6.07, 6.45) is -4.39. The van der Waals surface area contributed by atoms with Crippen molar-refractivity contribution in [1.29, 1.82) is 0 Å². The Bertz CT molecular complexity index is 970. The number of hydrogen-bond acceptors (Lipinski definition) is 4. The number of nitrogens with zero attached hydrogens (tertiary/aromatic N) is 1. The third kappa shape index (κ3) is 3.86. The summed E-state index contributed by atoms with van der Waals surface area (Å²) in [5.74, 6) is 0.463. The monoisotopic (exact) mass is 405 g/mol. The highest BCUT2D eigenvalue weighted by Gasteiger charge is 2.33. The van der Waals surface area contributed by atoms with Gasteiger partial charge in [0.05, 0.1) is 5.56 Å². The second kappa shape index (κ2) is 7.48. The largest absolute Gasteiger partial charge is 0.504 e. The van der Waals surface area contributed by atoms with E-state index in [1.54, 1.807) is 23.5 Å². The van der Waals surface area contributed by atoms with E-state index in [0.29, 0.717) is 25.4 Å². The SMILES string of the molecule is Oc1cc(-c2cccs2)cc2c1OCCN(Cc1ccccc1C(F)(F)F)C2. The van der Waals surface area contributed by atoms with Crippen molar-refractivity contribution in [2.75, 3.05) is 13.2 Å². The summed E-state index contributed by atoms with van der Waals surface area (Å²) in [6.45, 7) is 1.32. The van der Waals surface area contributed by atoms with Gasteiger partial charge in [0.2, 0.25) is 0 Å².